The molecule has 5 nitrogen and oxygen atoms in total. The predicted molar refractivity (Wildman–Crippen MR) is 56.3 cm³/mol. The number of nitrogens with zero attached hydrogens (tertiary/aromatic N) is 3. The van der Waals surface area contributed by atoms with Crippen molar-refractivity contribution in [3.05, 3.63) is 34.9 Å². The molecule has 2 aromatic rings. The average Bonchev–Trinajstić information content (AvgIpc) is 2.71. The normalized spacial score (nSPS) is 10.6. The third-order valence-corrected chi connectivity index (χ3v) is 2.14. The van der Waals surface area contributed by atoms with Gasteiger partial charge in [-0.2, -0.15) is 10.1 Å². The topological polar surface area (TPSA) is 63.6 Å². The molecule has 0 spiro atoms. The summed E-state index contributed by atoms with van der Waals surface area (Å²) in [5, 5.41) is 4.06. The third kappa shape index (κ3) is 2.00. The van der Waals surface area contributed by atoms with Gasteiger partial charge in [0.25, 0.3) is 0 Å². The minimum atomic E-state index is -0.570. The van der Waals surface area contributed by atoms with Crippen LogP contribution in [0.1, 0.15) is 13.3 Å². The van der Waals surface area contributed by atoms with E-state index in [0.29, 0.717) is 5.56 Å². The van der Waals surface area contributed by atoms with E-state index >= 15 is 0 Å². The lowest BCUT2D eigenvalue weighted by Gasteiger charge is -1.98. The lowest BCUT2D eigenvalue weighted by molar-refractivity contribution is 0.602. The highest BCUT2D eigenvalue weighted by Crippen LogP contribution is 2.17. The summed E-state index contributed by atoms with van der Waals surface area (Å²) in [7, 11) is 0. The van der Waals surface area contributed by atoms with Gasteiger partial charge in [-0.15, -0.1) is 0 Å². The first-order valence-electron chi connectivity index (χ1n) is 4.98. The molecule has 0 aliphatic heterocycles. The molecule has 84 valence electrons. The highest BCUT2D eigenvalue weighted by Gasteiger charge is 2.08. The maximum Gasteiger partial charge on any atom is 0.345 e. The average molecular weight is 222 g/mol. The Morgan fingerprint density at radius 3 is 3.06 bits per heavy atom. The Bertz CT molecular complexity index is 546. The van der Waals surface area contributed by atoms with Crippen molar-refractivity contribution in [1.29, 1.82) is 0 Å². The van der Waals surface area contributed by atoms with Crippen LogP contribution in [0.25, 0.3) is 11.3 Å². The Kier molecular flexibility index (Phi) is 2.80. The van der Waals surface area contributed by atoms with Gasteiger partial charge in [0.1, 0.15) is 0 Å². The lowest BCUT2D eigenvalue weighted by atomic mass is 10.2. The Hall–Kier alpha value is -1.98. The number of H-pyrrole nitrogens is 1. The molecule has 0 aliphatic rings. The summed E-state index contributed by atoms with van der Waals surface area (Å²) in [6.07, 6.45) is 5.06. The van der Waals surface area contributed by atoms with Crippen LogP contribution in [0, 0.1) is 5.82 Å². The fraction of sp³-hybridized carbons (Fsp3) is 0.300. The predicted octanol–water partition coefficient (Wildman–Crippen LogP) is 1.18. The van der Waals surface area contributed by atoms with Crippen molar-refractivity contribution < 1.29 is 4.39 Å². The Labute approximate surface area is 91.0 Å². The number of rotatable bonds is 3. The minimum Gasteiger partial charge on any atom is -0.303 e. The van der Waals surface area contributed by atoms with Crippen molar-refractivity contribution in [3.63, 3.8) is 0 Å². The molecule has 1 N–H and O–H groups in total. The van der Waals surface area contributed by atoms with Crippen molar-refractivity contribution in [2.24, 2.45) is 0 Å². The fourth-order valence-corrected chi connectivity index (χ4v) is 1.43. The summed E-state index contributed by atoms with van der Waals surface area (Å²) >= 11 is 0. The third-order valence-electron chi connectivity index (χ3n) is 2.14. The highest BCUT2D eigenvalue weighted by molar-refractivity contribution is 5.56. The Balaban J connectivity index is 2.42. The smallest absolute Gasteiger partial charge is 0.303 e. The first kappa shape index (κ1) is 10.5. The monoisotopic (exact) mass is 222 g/mol. The van der Waals surface area contributed by atoms with Gasteiger partial charge in [0.05, 0.1) is 18.1 Å². The van der Waals surface area contributed by atoms with Gasteiger partial charge in [-0.05, 0) is 6.42 Å². The van der Waals surface area contributed by atoms with Gasteiger partial charge in [0, 0.05) is 18.3 Å². The van der Waals surface area contributed by atoms with Crippen molar-refractivity contribution in [2.75, 3.05) is 0 Å². The zero-order valence-electron chi connectivity index (χ0n) is 8.77. The number of aromatic nitrogens is 4. The van der Waals surface area contributed by atoms with Gasteiger partial charge in [0.2, 0.25) is 0 Å². The van der Waals surface area contributed by atoms with Crippen LogP contribution in [0.3, 0.4) is 0 Å². The first-order chi connectivity index (χ1) is 7.70. The van der Waals surface area contributed by atoms with E-state index in [4.69, 9.17) is 0 Å². The van der Waals surface area contributed by atoms with Crippen molar-refractivity contribution in [3.8, 4) is 11.3 Å². The molecule has 0 saturated carbocycles. The van der Waals surface area contributed by atoms with E-state index in [0.717, 1.165) is 19.2 Å². The molecule has 0 aliphatic carbocycles. The second-order valence-corrected chi connectivity index (χ2v) is 3.40. The van der Waals surface area contributed by atoms with E-state index in [2.05, 4.69) is 15.1 Å². The van der Waals surface area contributed by atoms with E-state index in [-0.39, 0.29) is 5.69 Å². The zero-order valence-corrected chi connectivity index (χ0v) is 8.77. The molecule has 2 heterocycles. The van der Waals surface area contributed by atoms with Crippen molar-refractivity contribution in [2.45, 2.75) is 19.9 Å². The van der Waals surface area contributed by atoms with E-state index in [1.54, 1.807) is 10.9 Å². The highest BCUT2D eigenvalue weighted by atomic mass is 19.1. The second kappa shape index (κ2) is 4.26. The summed E-state index contributed by atoms with van der Waals surface area (Å²) in [6, 6.07) is 0. The van der Waals surface area contributed by atoms with Crippen LogP contribution in [0.2, 0.25) is 0 Å². The summed E-state index contributed by atoms with van der Waals surface area (Å²) in [5.74, 6) is -0.560. The molecular weight excluding hydrogens is 211 g/mol. The molecule has 0 bridgehead atoms. The molecule has 0 saturated heterocycles. The number of nitrogens with one attached hydrogen (secondary N) is 1. The lowest BCUT2D eigenvalue weighted by Crippen LogP contribution is -2.11. The molecule has 6 heteroatoms. The molecular formula is C10H11FN4O. The van der Waals surface area contributed by atoms with Gasteiger partial charge in [-0.3, -0.25) is 4.68 Å². The SMILES string of the molecule is CCCn1cc(-c2[nH]c(=O)ncc2F)cn1. The quantitative estimate of drug-likeness (QED) is 0.848. The molecule has 16 heavy (non-hydrogen) atoms. The van der Waals surface area contributed by atoms with Gasteiger partial charge in [0.15, 0.2) is 5.82 Å². The number of halogens is 1. The van der Waals surface area contributed by atoms with Gasteiger partial charge >= 0.3 is 5.69 Å². The van der Waals surface area contributed by atoms with Crippen molar-refractivity contribution >= 4 is 0 Å². The van der Waals surface area contributed by atoms with Crippen LogP contribution < -0.4 is 5.69 Å². The maximum absolute atomic E-state index is 13.4. The van der Waals surface area contributed by atoms with Crippen LogP contribution in [-0.2, 0) is 6.54 Å². The maximum atomic E-state index is 13.4. The summed E-state index contributed by atoms with van der Waals surface area (Å²) in [6.45, 7) is 2.78. The van der Waals surface area contributed by atoms with E-state index in [1.165, 1.54) is 6.20 Å². The molecule has 0 unspecified atom stereocenters. The number of aryl methyl sites for hydroxylation is 1. The molecule has 0 atom stereocenters. The van der Waals surface area contributed by atoms with E-state index in [9.17, 15) is 9.18 Å². The number of hydrogen-bond acceptors (Lipinski definition) is 3. The molecule has 0 fully saturated rings. The Morgan fingerprint density at radius 1 is 1.50 bits per heavy atom. The van der Waals surface area contributed by atoms with Crippen LogP contribution >= 0.6 is 0 Å². The van der Waals surface area contributed by atoms with Crippen LogP contribution in [-0.4, -0.2) is 19.7 Å². The summed E-state index contributed by atoms with van der Waals surface area (Å²) in [5.41, 5.74) is 0.104. The standard InChI is InChI=1S/C10H11FN4O/c1-2-3-15-6-7(4-13-15)9-8(11)5-12-10(16)14-9/h4-6H,2-3H2,1H3,(H,12,14,16). The molecule has 0 radical (unpaired) electrons. The molecule has 2 aromatic heterocycles. The van der Waals surface area contributed by atoms with E-state index < -0.39 is 11.5 Å². The minimum absolute atomic E-state index is 0.127. The van der Waals surface area contributed by atoms with Crippen LogP contribution in [0.15, 0.2) is 23.4 Å². The number of aromatic amines is 1. The zero-order chi connectivity index (χ0) is 11.5. The van der Waals surface area contributed by atoms with Gasteiger partial charge < -0.3 is 4.98 Å². The summed E-state index contributed by atoms with van der Waals surface area (Å²) in [4.78, 5) is 16.6. The van der Waals surface area contributed by atoms with Crippen LogP contribution in [0.4, 0.5) is 4.39 Å². The largest absolute Gasteiger partial charge is 0.345 e. The van der Waals surface area contributed by atoms with Gasteiger partial charge in [-0.1, -0.05) is 6.92 Å². The van der Waals surface area contributed by atoms with Crippen LogP contribution in [0.5, 0.6) is 0 Å². The van der Waals surface area contributed by atoms with E-state index in [1.807, 2.05) is 6.92 Å². The number of hydrogen-bond donors (Lipinski definition) is 1. The second-order valence-electron chi connectivity index (χ2n) is 3.40. The fourth-order valence-electron chi connectivity index (χ4n) is 1.43. The Morgan fingerprint density at radius 2 is 2.31 bits per heavy atom. The van der Waals surface area contributed by atoms with Gasteiger partial charge in [-0.25, -0.2) is 9.18 Å². The summed E-state index contributed by atoms with van der Waals surface area (Å²) < 4.78 is 15.1. The first-order valence-corrected chi connectivity index (χ1v) is 4.98. The molecule has 2 rings (SSSR count). The molecule has 0 amide bonds. The molecule has 0 aromatic carbocycles. The van der Waals surface area contributed by atoms with Crippen molar-refractivity contribution in [1.82, 2.24) is 19.7 Å².